The van der Waals surface area contributed by atoms with Crippen LogP contribution in [0.15, 0.2) is 36.8 Å². The molecule has 0 radical (unpaired) electrons. The number of nitrogens with zero attached hydrogens (tertiary/aromatic N) is 5. The normalized spacial score (nSPS) is 22.7. The van der Waals surface area contributed by atoms with Crippen LogP contribution in [-0.4, -0.2) is 35.6 Å². The fraction of sp³-hybridized carbons (Fsp3) is 0.400. The SMILES string of the molecule is CC[C@H]1C[C@@H](Nc2ccc(C)cn2)C[C@H]1c1nnc2cnc3[nH]ccc3n12. The summed E-state index contributed by atoms with van der Waals surface area (Å²) in [5, 5.41) is 12.6. The van der Waals surface area contributed by atoms with E-state index in [-0.39, 0.29) is 0 Å². The van der Waals surface area contributed by atoms with Crippen molar-refractivity contribution >= 4 is 22.6 Å². The van der Waals surface area contributed by atoms with E-state index in [9.17, 15) is 0 Å². The van der Waals surface area contributed by atoms with Crippen molar-refractivity contribution in [3.05, 3.63) is 48.2 Å². The lowest BCUT2D eigenvalue weighted by atomic mass is 9.93. The second-order valence-corrected chi connectivity index (χ2v) is 7.53. The van der Waals surface area contributed by atoms with Crippen molar-refractivity contribution in [3.63, 3.8) is 0 Å². The first-order valence-corrected chi connectivity index (χ1v) is 9.59. The third-order valence-corrected chi connectivity index (χ3v) is 5.78. The standard InChI is InChI=1S/C20H23N7/c1-3-13-8-14(24-17-5-4-12(2)10-22-17)9-15(13)20-26-25-18-11-23-19-16(27(18)20)6-7-21-19/h4-7,10-11,13-15,21H,3,8-9H2,1-2H3,(H,22,24)/t13-,14+,15+/m0/s1. The van der Waals surface area contributed by atoms with E-state index in [1.807, 2.05) is 18.5 Å². The maximum absolute atomic E-state index is 4.57. The molecule has 2 N–H and O–H groups in total. The molecule has 4 aromatic heterocycles. The molecule has 0 aliphatic heterocycles. The van der Waals surface area contributed by atoms with Crippen LogP contribution in [0, 0.1) is 12.8 Å². The van der Waals surface area contributed by atoms with Gasteiger partial charge in [0.15, 0.2) is 11.3 Å². The minimum absolute atomic E-state index is 0.369. The highest BCUT2D eigenvalue weighted by Crippen LogP contribution is 2.42. The van der Waals surface area contributed by atoms with Gasteiger partial charge in [0.2, 0.25) is 0 Å². The molecule has 0 saturated heterocycles. The van der Waals surface area contributed by atoms with Crippen LogP contribution in [0.2, 0.25) is 0 Å². The van der Waals surface area contributed by atoms with Crippen LogP contribution in [0.5, 0.6) is 0 Å². The molecule has 3 atom stereocenters. The molecule has 0 amide bonds. The van der Waals surface area contributed by atoms with Gasteiger partial charge in [-0.25, -0.2) is 9.97 Å². The number of hydrogen-bond donors (Lipinski definition) is 2. The minimum atomic E-state index is 0.369. The Bertz CT molecular complexity index is 1080. The lowest BCUT2D eigenvalue weighted by Crippen LogP contribution is -2.16. The smallest absolute Gasteiger partial charge is 0.179 e. The topological polar surface area (TPSA) is 83.8 Å². The van der Waals surface area contributed by atoms with E-state index in [1.165, 1.54) is 5.56 Å². The molecule has 0 bridgehead atoms. The van der Waals surface area contributed by atoms with Gasteiger partial charge in [-0.3, -0.25) is 4.40 Å². The number of hydrogen-bond acceptors (Lipinski definition) is 5. The van der Waals surface area contributed by atoms with E-state index in [0.717, 1.165) is 47.7 Å². The molecule has 0 unspecified atom stereocenters. The molecule has 0 spiro atoms. The van der Waals surface area contributed by atoms with Crippen molar-refractivity contribution in [3.8, 4) is 0 Å². The van der Waals surface area contributed by atoms with E-state index in [4.69, 9.17) is 0 Å². The summed E-state index contributed by atoms with van der Waals surface area (Å²) < 4.78 is 2.17. The van der Waals surface area contributed by atoms with Crippen LogP contribution < -0.4 is 5.32 Å². The Hall–Kier alpha value is -2.96. The number of H-pyrrole nitrogens is 1. The number of rotatable bonds is 4. The lowest BCUT2D eigenvalue weighted by Gasteiger charge is -2.15. The van der Waals surface area contributed by atoms with Crippen LogP contribution >= 0.6 is 0 Å². The Morgan fingerprint density at radius 3 is 2.89 bits per heavy atom. The maximum Gasteiger partial charge on any atom is 0.179 e. The highest BCUT2D eigenvalue weighted by Gasteiger charge is 2.37. The third-order valence-electron chi connectivity index (χ3n) is 5.78. The largest absolute Gasteiger partial charge is 0.367 e. The fourth-order valence-electron chi connectivity index (χ4n) is 4.41. The molecular formula is C20H23N7. The number of anilines is 1. The van der Waals surface area contributed by atoms with Crippen LogP contribution in [0.1, 0.15) is 43.5 Å². The molecule has 1 saturated carbocycles. The van der Waals surface area contributed by atoms with E-state index < -0.39 is 0 Å². The van der Waals surface area contributed by atoms with Crippen molar-refractivity contribution in [2.45, 2.75) is 45.1 Å². The molecule has 4 aromatic rings. The highest BCUT2D eigenvalue weighted by molar-refractivity contribution is 5.74. The predicted octanol–water partition coefficient (Wildman–Crippen LogP) is 3.69. The van der Waals surface area contributed by atoms with Crippen LogP contribution in [0.4, 0.5) is 5.82 Å². The van der Waals surface area contributed by atoms with Crippen molar-refractivity contribution in [2.24, 2.45) is 5.92 Å². The highest BCUT2D eigenvalue weighted by atomic mass is 15.3. The monoisotopic (exact) mass is 361 g/mol. The molecule has 27 heavy (non-hydrogen) atoms. The van der Waals surface area contributed by atoms with Gasteiger partial charge in [-0.1, -0.05) is 19.4 Å². The summed E-state index contributed by atoms with van der Waals surface area (Å²) in [4.78, 5) is 12.1. The molecule has 4 heterocycles. The molecule has 0 aromatic carbocycles. The Morgan fingerprint density at radius 2 is 2.07 bits per heavy atom. The summed E-state index contributed by atoms with van der Waals surface area (Å²) in [7, 11) is 0. The minimum Gasteiger partial charge on any atom is -0.367 e. The summed E-state index contributed by atoms with van der Waals surface area (Å²) in [5.41, 5.74) is 3.89. The van der Waals surface area contributed by atoms with Gasteiger partial charge in [0.05, 0.1) is 11.7 Å². The van der Waals surface area contributed by atoms with Gasteiger partial charge < -0.3 is 10.3 Å². The average molecular weight is 361 g/mol. The average Bonchev–Trinajstić information content (AvgIpc) is 3.39. The van der Waals surface area contributed by atoms with Gasteiger partial charge in [-0.05, 0) is 43.4 Å². The summed E-state index contributed by atoms with van der Waals surface area (Å²) in [6.07, 6.45) is 8.89. The second kappa shape index (κ2) is 6.33. The molecule has 7 nitrogen and oxygen atoms in total. The molecule has 7 heteroatoms. The van der Waals surface area contributed by atoms with Gasteiger partial charge >= 0.3 is 0 Å². The molecular weight excluding hydrogens is 338 g/mol. The van der Waals surface area contributed by atoms with Gasteiger partial charge in [0.1, 0.15) is 11.6 Å². The van der Waals surface area contributed by atoms with Crippen molar-refractivity contribution in [1.29, 1.82) is 0 Å². The van der Waals surface area contributed by atoms with E-state index in [2.05, 4.69) is 60.8 Å². The van der Waals surface area contributed by atoms with Crippen LogP contribution in [-0.2, 0) is 0 Å². The van der Waals surface area contributed by atoms with Crippen molar-refractivity contribution in [1.82, 2.24) is 29.5 Å². The van der Waals surface area contributed by atoms with Crippen molar-refractivity contribution in [2.75, 3.05) is 5.32 Å². The second-order valence-electron chi connectivity index (χ2n) is 7.53. The third kappa shape index (κ3) is 2.74. The molecule has 1 aliphatic carbocycles. The Balaban J connectivity index is 1.48. The molecule has 1 aliphatic rings. The quantitative estimate of drug-likeness (QED) is 0.579. The first kappa shape index (κ1) is 16.2. The molecule has 5 rings (SSSR count). The Labute approximate surface area is 157 Å². The first-order chi connectivity index (χ1) is 13.2. The van der Waals surface area contributed by atoms with Crippen LogP contribution in [0.25, 0.3) is 16.8 Å². The molecule has 138 valence electrons. The van der Waals surface area contributed by atoms with Gasteiger partial charge in [-0.2, -0.15) is 0 Å². The number of pyridine rings is 1. The summed E-state index contributed by atoms with van der Waals surface area (Å²) in [6, 6.07) is 6.60. The zero-order chi connectivity index (χ0) is 18.4. The van der Waals surface area contributed by atoms with Crippen molar-refractivity contribution < 1.29 is 0 Å². The van der Waals surface area contributed by atoms with Gasteiger partial charge in [0.25, 0.3) is 0 Å². The van der Waals surface area contributed by atoms with Gasteiger partial charge in [-0.15, -0.1) is 10.2 Å². The van der Waals surface area contributed by atoms with Crippen LogP contribution in [0.3, 0.4) is 0 Å². The number of nitrogens with one attached hydrogen (secondary N) is 2. The fourth-order valence-corrected chi connectivity index (χ4v) is 4.41. The zero-order valence-corrected chi connectivity index (χ0v) is 15.6. The predicted molar refractivity (Wildman–Crippen MR) is 105 cm³/mol. The maximum atomic E-state index is 4.57. The summed E-state index contributed by atoms with van der Waals surface area (Å²) in [5.74, 6) is 2.94. The lowest BCUT2D eigenvalue weighted by molar-refractivity contribution is 0.451. The first-order valence-electron chi connectivity index (χ1n) is 9.59. The molecule has 1 fully saturated rings. The van der Waals surface area contributed by atoms with E-state index >= 15 is 0 Å². The number of fused-ring (bicyclic) bond motifs is 3. The summed E-state index contributed by atoms with van der Waals surface area (Å²) in [6.45, 7) is 4.32. The number of aromatic nitrogens is 6. The Kier molecular flexibility index (Phi) is 3.81. The van der Waals surface area contributed by atoms with E-state index in [1.54, 1.807) is 6.20 Å². The van der Waals surface area contributed by atoms with E-state index in [0.29, 0.717) is 17.9 Å². The Morgan fingerprint density at radius 1 is 1.15 bits per heavy atom. The zero-order valence-electron chi connectivity index (χ0n) is 15.6. The summed E-state index contributed by atoms with van der Waals surface area (Å²) >= 11 is 0. The number of aromatic amines is 1. The number of aryl methyl sites for hydroxylation is 1. The van der Waals surface area contributed by atoms with Gasteiger partial charge in [0, 0.05) is 24.4 Å².